The summed E-state index contributed by atoms with van der Waals surface area (Å²) >= 11 is 0. The molecule has 6 nitrogen and oxygen atoms in total. The van der Waals surface area contributed by atoms with E-state index in [2.05, 4.69) is 22.1 Å². The van der Waals surface area contributed by atoms with Crippen molar-refractivity contribution in [2.45, 2.75) is 0 Å². The van der Waals surface area contributed by atoms with Gasteiger partial charge in [0.1, 0.15) is 0 Å². The Morgan fingerprint density at radius 3 is 3.00 bits per heavy atom. The molecule has 0 fully saturated rings. The average Bonchev–Trinajstić information content (AvgIpc) is 2.20. The molecule has 1 aromatic heterocycles. The van der Waals surface area contributed by atoms with Gasteiger partial charge in [0.25, 0.3) is 0 Å². The molecule has 0 saturated heterocycles. The van der Waals surface area contributed by atoms with Crippen LogP contribution >= 0.6 is 0 Å². The van der Waals surface area contributed by atoms with Gasteiger partial charge in [0, 0.05) is 17.8 Å². The van der Waals surface area contributed by atoms with Crippen molar-refractivity contribution in [3.05, 3.63) is 38.3 Å². The summed E-state index contributed by atoms with van der Waals surface area (Å²) in [5.41, 5.74) is -0.804. The van der Waals surface area contributed by atoms with Gasteiger partial charge in [0.15, 0.2) is 0 Å². The second kappa shape index (κ2) is 4.93. The highest BCUT2D eigenvalue weighted by atomic mass is 16.6. The maximum absolute atomic E-state index is 11.0. The van der Waals surface area contributed by atoms with Crippen LogP contribution in [0.1, 0.15) is 5.56 Å². The predicted octanol–water partition coefficient (Wildman–Crippen LogP) is -0.146. The number of aromatic nitrogens is 1. The lowest BCUT2D eigenvalue weighted by Gasteiger charge is -1.91. The Labute approximate surface area is 85.5 Å². The van der Waals surface area contributed by atoms with Crippen molar-refractivity contribution in [1.82, 2.24) is 10.3 Å². The van der Waals surface area contributed by atoms with Gasteiger partial charge in [0.2, 0.25) is 0 Å². The van der Waals surface area contributed by atoms with Gasteiger partial charge in [-0.15, -0.1) is 0 Å². The Kier molecular flexibility index (Phi) is 3.60. The first-order valence-electron chi connectivity index (χ1n) is 4.15. The van der Waals surface area contributed by atoms with Crippen molar-refractivity contribution in [3.8, 4) is 11.8 Å². The molecule has 0 radical (unpaired) electrons. The molecule has 0 saturated carbocycles. The number of pyridine rings is 1. The van der Waals surface area contributed by atoms with E-state index >= 15 is 0 Å². The summed E-state index contributed by atoms with van der Waals surface area (Å²) in [6, 6.07) is 1.15. The van der Waals surface area contributed by atoms with Crippen LogP contribution in [0.25, 0.3) is 0 Å². The van der Waals surface area contributed by atoms with Crippen LogP contribution in [0.15, 0.2) is 17.1 Å². The maximum Gasteiger partial charge on any atom is 0.335 e. The van der Waals surface area contributed by atoms with Gasteiger partial charge < -0.3 is 10.3 Å². The number of nitrogens with one attached hydrogen (secondary N) is 2. The molecule has 0 amide bonds. The van der Waals surface area contributed by atoms with Crippen molar-refractivity contribution in [2.75, 3.05) is 13.6 Å². The Bertz CT molecular complexity index is 481. The summed E-state index contributed by atoms with van der Waals surface area (Å²) in [6.45, 7) is 0.479. The first kappa shape index (κ1) is 10.9. The zero-order chi connectivity index (χ0) is 11.3. The lowest BCUT2D eigenvalue weighted by atomic mass is 10.2. The van der Waals surface area contributed by atoms with E-state index in [9.17, 15) is 14.9 Å². The van der Waals surface area contributed by atoms with Gasteiger partial charge in [-0.1, -0.05) is 11.8 Å². The van der Waals surface area contributed by atoms with Crippen LogP contribution in [0.3, 0.4) is 0 Å². The molecule has 78 valence electrons. The third-order valence-corrected chi connectivity index (χ3v) is 1.58. The zero-order valence-corrected chi connectivity index (χ0v) is 8.03. The highest BCUT2D eigenvalue weighted by Gasteiger charge is 2.11. The van der Waals surface area contributed by atoms with Crippen LogP contribution in [-0.2, 0) is 0 Å². The second-order valence-corrected chi connectivity index (χ2v) is 2.69. The van der Waals surface area contributed by atoms with E-state index in [0.717, 1.165) is 6.07 Å². The van der Waals surface area contributed by atoms with Crippen molar-refractivity contribution >= 4 is 5.69 Å². The third kappa shape index (κ3) is 2.93. The molecule has 0 bridgehead atoms. The van der Waals surface area contributed by atoms with E-state index in [1.54, 1.807) is 7.05 Å². The topological polar surface area (TPSA) is 88.0 Å². The lowest BCUT2D eigenvalue weighted by Crippen LogP contribution is -2.11. The fourth-order valence-electron chi connectivity index (χ4n) is 0.914. The molecule has 0 unspecified atom stereocenters. The Hall–Kier alpha value is -2.13. The molecular weight excluding hydrogens is 198 g/mol. The minimum atomic E-state index is -0.734. The molecule has 1 aromatic rings. The number of hydrogen-bond acceptors (Lipinski definition) is 4. The molecule has 1 heterocycles. The number of nitrogens with zero attached hydrogens (tertiary/aromatic N) is 1. The summed E-state index contributed by atoms with van der Waals surface area (Å²) in [6.07, 6.45) is 1.35. The van der Waals surface area contributed by atoms with E-state index in [4.69, 9.17) is 0 Å². The van der Waals surface area contributed by atoms with E-state index in [0.29, 0.717) is 12.1 Å². The number of aromatic amines is 1. The molecule has 0 aliphatic carbocycles. The lowest BCUT2D eigenvalue weighted by molar-refractivity contribution is -0.386. The summed E-state index contributed by atoms with van der Waals surface area (Å²) in [7, 11) is 1.74. The van der Waals surface area contributed by atoms with Crippen LogP contribution in [0.5, 0.6) is 0 Å². The monoisotopic (exact) mass is 207 g/mol. The molecule has 0 aromatic carbocycles. The molecule has 6 heteroatoms. The Morgan fingerprint density at radius 2 is 2.40 bits per heavy atom. The van der Waals surface area contributed by atoms with E-state index in [-0.39, 0.29) is 0 Å². The first-order chi connectivity index (χ1) is 7.15. The van der Waals surface area contributed by atoms with Crippen molar-refractivity contribution in [2.24, 2.45) is 0 Å². The molecule has 1 rings (SSSR count). The molecular formula is C9H9N3O3. The van der Waals surface area contributed by atoms with Crippen LogP contribution in [-0.4, -0.2) is 23.5 Å². The van der Waals surface area contributed by atoms with Crippen molar-refractivity contribution in [1.29, 1.82) is 0 Å². The maximum atomic E-state index is 11.0. The summed E-state index contributed by atoms with van der Waals surface area (Å²) in [5, 5.41) is 13.2. The fourth-order valence-corrected chi connectivity index (χ4v) is 0.914. The summed E-state index contributed by atoms with van der Waals surface area (Å²) in [4.78, 5) is 22.9. The predicted molar refractivity (Wildman–Crippen MR) is 54.5 cm³/mol. The van der Waals surface area contributed by atoms with Gasteiger partial charge >= 0.3 is 11.2 Å². The quantitative estimate of drug-likeness (QED) is 0.401. The number of rotatable bonds is 2. The largest absolute Gasteiger partial charge is 0.335 e. The van der Waals surface area contributed by atoms with E-state index in [1.165, 1.54) is 6.20 Å². The van der Waals surface area contributed by atoms with E-state index in [1.807, 2.05) is 0 Å². The number of nitro groups is 1. The average molecular weight is 207 g/mol. The second-order valence-electron chi connectivity index (χ2n) is 2.69. The Balaban J connectivity index is 3.05. The van der Waals surface area contributed by atoms with Crippen LogP contribution in [0, 0.1) is 22.0 Å². The van der Waals surface area contributed by atoms with Gasteiger partial charge in [0.05, 0.1) is 11.5 Å². The van der Waals surface area contributed by atoms with E-state index < -0.39 is 16.2 Å². The molecule has 2 N–H and O–H groups in total. The standard InChI is InChI=1S/C9H9N3O3/c1-10-4-2-3-7-5-8(12(14)15)9(13)11-6-7/h5-6,10H,4H2,1H3,(H,11,13). The van der Waals surface area contributed by atoms with Gasteiger partial charge in [-0.2, -0.15) is 0 Å². The fraction of sp³-hybridized carbons (Fsp3) is 0.222. The summed E-state index contributed by atoms with van der Waals surface area (Å²) < 4.78 is 0. The number of hydrogen-bond donors (Lipinski definition) is 2. The number of H-pyrrole nitrogens is 1. The minimum Gasteiger partial charge on any atom is -0.322 e. The molecule has 15 heavy (non-hydrogen) atoms. The highest BCUT2D eigenvalue weighted by molar-refractivity contribution is 5.40. The minimum absolute atomic E-state index is 0.413. The smallest absolute Gasteiger partial charge is 0.322 e. The zero-order valence-electron chi connectivity index (χ0n) is 8.03. The van der Waals surface area contributed by atoms with Crippen LogP contribution in [0.2, 0.25) is 0 Å². The van der Waals surface area contributed by atoms with Gasteiger partial charge in [-0.25, -0.2) is 0 Å². The normalized spacial score (nSPS) is 9.13. The van der Waals surface area contributed by atoms with Crippen LogP contribution in [0.4, 0.5) is 5.69 Å². The molecule has 0 spiro atoms. The third-order valence-electron chi connectivity index (χ3n) is 1.58. The molecule has 0 atom stereocenters. The SMILES string of the molecule is CNCC#Cc1c[nH]c(=O)c([N+](=O)[O-])c1. The van der Waals surface area contributed by atoms with Gasteiger partial charge in [-0.3, -0.25) is 14.9 Å². The Morgan fingerprint density at radius 1 is 1.67 bits per heavy atom. The first-order valence-corrected chi connectivity index (χ1v) is 4.15. The van der Waals surface area contributed by atoms with Crippen LogP contribution < -0.4 is 10.9 Å². The summed E-state index contributed by atoms with van der Waals surface area (Å²) in [5.74, 6) is 5.41. The van der Waals surface area contributed by atoms with Crippen molar-refractivity contribution in [3.63, 3.8) is 0 Å². The molecule has 0 aliphatic heterocycles. The van der Waals surface area contributed by atoms with Gasteiger partial charge in [-0.05, 0) is 7.05 Å². The molecule has 0 aliphatic rings. The highest BCUT2D eigenvalue weighted by Crippen LogP contribution is 2.04. The van der Waals surface area contributed by atoms with Crippen molar-refractivity contribution < 1.29 is 4.92 Å².